The molecule has 59 valence electrons. The third kappa shape index (κ3) is 2.97. The average molecular weight is 161 g/mol. The molecule has 0 atom stereocenters. The van der Waals surface area contributed by atoms with Crippen molar-refractivity contribution in [3.63, 3.8) is 0 Å². The SMILES string of the molecule is FC(F)(F)Cc1n[c]ccn1. The Kier molecular flexibility index (Phi) is 2.07. The van der Waals surface area contributed by atoms with Crippen LogP contribution in [0.25, 0.3) is 0 Å². The van der Waals surface area contributed by atoms with E-state index < -0.39 is 12.6 Å². The van der Waals surface area contributed by atoms with Crippen molar-refractivity contribution in [3.8, 4) is 0 Å². The van der Waals surface area contributed by atoms with Gasteiger partial charge in [0, 0.05) is 6.20 Å². The number of nitrogens with zero attached hydrogens (tertiary/aromatic N) is 2. The van der Waals surface area contributed by atoms with Gasteiger partial charge >= 0.3 is 6.18 Å². The first kappa shape index (κ1) is 7.97. The van der Waals surface area contributed by atoms with Gasteiger partial charge in [-0.05, 0) is 6.07 Å². The minimum atomic E-state index is -4.24. The first-order valence-corrected chi connectivity index (χ1v) is 2.83. The molecular formula is C6H4F3N2. The Morgan fingerprint density at radius 2 is 2.18 bits per heavy atom. The predicted octanol–water partition coefficient (Wildman–Crippen LogP) is 1.38. The number of rotatable bonds is 1. The number of hydrogen-bond donors (Lipinski definition) is 0. The predicted molar refractivity (Wildman–Crippen MR) is 30.6 cm³/mol. The van der Waals surface area contributed by atoms with Crippen LogP contribution in [0.15, 0.2) is 12.3 Å². The first-order valence-electron chi connectivity index (χ1n) is 2.83. The second-order valence-corrected chi connectivity index (χ2v) is 1.89. The Bertz CT molecular complexity index is 219. The molecule has 5 heteroatoms. The van der Waals surface area contributed by atoms with Gasteiger partial charge in [0.2, 0.25) is 0 Å². The summed E-state index contributed by atoms with van der Waals surface area (Å²) in [4.78, 5) is 6.71. The van der Waals surface area contributed by atoms with Crippen LogP contribution in [0.1, 0.15) is 5.82 Å². The lowest BCUT2D eigenvalue weighted by Gasteiger charge is -2.02. The average Bonchev–Trinajstić information content (AvgIpc) is 1.85. The van der Waals surface area contributed by atoms with Crippen LogP contribution >= 0.6 is 0 Å². The maximum Gasteiger partial charge on any atom is 0.396 e. The standard InChI is InChI=1S/C6H4F3N2/c7-6(8,9)4-5-10-2-1-3-11-5/h1-2H,4H2. The smallest absolute Gasteiger partial charge is 0.241 e. The van der Waals surface area contributed by atoms with Crippen molar-refractivity contribution >= 4 is 0 Å². The highest BCUT2D eigenvalue weighted by molar-refractivity contribution is 4.89. The van der Waals surface area contributed by atoms with Gasteiger partial charge in [0.25, 0.3) is 0 Å². The van der Waals surface area contributed by atoms with Crippen LogP contribution in [0.3, 0.4) is 0 Å². The van der Waals surface area contributed by atoms with Gasteiger partial charge in [-0.1, -0.05) is 0 Å². The van der Waals surface area contributed by atoms with Gasteiger partial charge in [-0.2, -0.15) is 13.2 Å². The van der Waals surface area contributed by atoms with Gasteiger partial charge in [0.15, 0.2) is 0 Å². The summed E-state index contributed by atoms with van der Waals surface area (Å²) >= 11 is 0. The van der Waals surface area contributed by atoms with E-state index in [0.29, 0.717) is 0 Å². The molecule has 0 fully saturated rings. The number of halogens is 3. The van der Waals surface area contributed by atoms with Gasteiger partial charge < -0.3 is 0 Å². The normalized spacial score (nSPS) is 11.5. The number of alkyl halides is 3. The molecule has 0 N–H and O–H groups in total. The zero-order valence-corrected chi connectivity index (χ0v) is 5.39. The second-order valence-electron chi connectivity index (χ2n) is 1.89. The molecule has 0 aromatic carbocycles. The second kappa shape index (κ2) is 2.86. The largest absolute Gasteiger partial charge is 0.396 e. The summed E-state index contributed by atoms with van der Waals surface area (Å²) in [6.45, 7) is 0. The number of aromatic nitrogens is 2. The van der Waals surface area contributed by atoms with Crippen molar-refractivity contribution in [1.29, 1.82) is 0 Å². The molecule has 0 saturated heterocycles. The van der Waals surface area contributed by atoms with Crippen molar-refractivity contribution in [2.45, 2.75) is 12.6 Å². The molecule has 0 spiro atoms. The molecule has 0 bridgehead atoms. The van der Waals surface area contributed by atoms with Crippen LogP contribution < -0.4 is 0 Å². The monoisotopic (exact) mass is 161 g/mol. The summed E-state index contributed by atoms with van der Waals surface area (Å²) in [6.07, 6.45) is -1.83. The highest BCUT2D eigenvalue weighted by Crippen LogP contribution is 2.18. The van der Waals surface area contributed by atoms with E-state index in [0.717, 1.165) is 0 Å². The van der Waals surface area contributed by atoms with Gasteiger partial charge in [0.05, 0.1) is 6.20 Å². The Labute approximate surface area is 61.1 Å². The van der Waals surface area contributed by atoms with Crippen LogP contribution in [0.5, 0.6) is 0 Å². The summed E-state index contributed by atoms with van der Waals surface area (Å²) in [5.74, 6) is -0.250. The van der Waals surface area contributed by atoms with E-state index in [1.165, 1.54) is 12.3 Å². The van der Waals surface area contributed by atoms with Crippen molar-refractivity contribution < 1.29 is 13.2 Å². The van der Waals surface area contributed by atoms with E-state index in [2.05, 4.69) is 16.2 Å². The van der Waals surface area contributed by atoms with Gasteiger partial charge in [-0.25, -0.2) is 9.97 Å². The molecule has 0 amide bonds. The minimum Gasteiger partial charge on any atom is -0.241 e. The highest BCUT2D eigenvalue weighted by Gasteiger charge is 2.28. The minimum absolute atomic E-state index is 0.250. The summed E-state index contributed by atoms with van der Waals surface area (Å²) in [7, 11) is 0. The Balaban J connectivity index is 2.66. The lowest BCUT2D eigenvalue weighted by molar-refractivity contribution is -0.128. The molecule has 1 radical (unpaired) electrons. The Morgan fingerprint density at radius 3 is 2.64 bits per heavy atom. The Morgan fingerprint density at radius 1 is 1.45 bits per heavy atom. The quantitative estimate of drug-likeness (QED) is 0.621. The Hall–Kier alpha value is -1.13. The molecule has 2 nitrogen and oxygen atoms in total. The summed E-state index contributed by atoms with van der Waals surface area (Å²) < 4.78 is 34.9. The van der Waals surface area contributed by atoms with Gasteiger partial charge in [0.1, 0.15) is 12.2 Å². The topological polar surface area (TPSA) is 25.8 Å². The van der Waals surface area contributed by atoms with Crippen molar-refractivity contribution in [3.05, 3.63) is 24.3 Å². The zero-order valence-electron chi connectivity index (χ0n) is 5.39. The van der Waals surface area contributed by atoms with Crippen LogP contribution in [0, 0.1) is 6.20 Å². The summed E-state index contributed by atoms with van der Waals surface area (Å²) in [5.41, 5.74) is 0. The van der Waals surface area contributed by atoms with Crippen molar-refractivity contribution in [1.82, 2.24) is 9.97 Å². The molecule has 0 saturated carbocycles. The fourth-order valence-electron chi connectivity index (χ4n) is 0.562. The maximum absolute atomic E-state index is 11.6. The fraction of sp³-hybridized carbons (Fsp3) is 0.333. The van der Waals surface area contributed by atoms with Crippen LogP contribution in [0.4, 0.5) is 13.2 Å². The van der Waals surface area contributed by atoms with E-state index >= 15 is 0 Å². The molecule has 0 aliphatic heterocycles. The lowest BCUT2D eigenvalue weighted by Crippen LogP contribution is -2.13. The molecule has 1 aromatic rings. The van der Waals surface area contributed by atoms with Crippen molar-refractivity contribution in [2.75, 3.05) is 0 Å². The first-order chi connectivity index (χ1) is 5.08. The zero-order chi connectivity index (χ0) is 8.32. The third-order valence-corrected chi connectivity index (χ3v) is 0.925. The molecule has 11 heavy (non-hydrogen) atoms. The molecule has 1 heterocycles. The van der Waals surface area contributed by atoms with Gasteiger partial charge in [-0.15, -0.1) is 0 Å². The molecular weight excluding hydrogens is 157 g/mol. The number of hydrogen-bond acceptors (Lipinski definition) is 2. The molecule has 1 rings (SSSR count). The molecule has 1 aromatic heterocycles. The van der Waals surface area contributed by atoms with Crippen molar-refractivity contribution in [2.24, 2.45) is 0 Å². The van der Waals surface area contributed by atoms with E-state index in [9.17, 15) is 13.2 Å². The molecule has 0 unspecified atom stereocenters. The van der Waals surface area contributed by atoms with E-state index in [-0.39, 0.29) is 5.82 Å². The van der Waals surface area contributed by atoms with Gasteiger partial charge in [-0.3, -0.25) is 0 Å². The summed E-state index contributed by atoms with van der Waals surface area (Å²) in [6, 6.07) is 1.35. The summed E-state index contributed by atoms with van der Waals surface area (Å²) in [5, 5.41) is 0. The van der Waals surface area contributed by atoms with E-state index in [1.54, 1.807) is 0 Å². The third-order valence-electron chi connectivity index (χ3n) is 0.925. The highest BCUT2D eigenvalue weighted by atomic mass is 19.4. The van der Waals surface area contributed by atoms with Crippen LogP contribution in [-0.4, -0.2) is 16.1 Å². The van der Waals surface area contributed by atoms with Crippen LogP contribution in [-0.2, 0) is 6.42 Å². The van der Waals surface area contributed by atoms with E-state index in [4.69, 9.17) is 0 Å². The molecule has 0 aliphatic carbocycles. The maximum atomic E-state index is 11.6. The fourth-order valence-corrected chi connectivity index (χ4v) is 0.562. The lowest BCUT2D eigenvalue weighted by atomic mass is 10.4. The molecule has 0 aliphatic rings. The van der Waals surface area contributed by atoms with E-state index in [1.807, 2.05) is 0 Å². The van der Waals surface area contributed by atoms with Crippen LogP contribution in [0.2, 0.25) is 0 Å².